The quantitative estimate of drug-likeness (QED) is 0.249. The first-order valence-corrected chi connectivity index (χ1v) is 11.0. The van der Waals surface area contributed by atoms with Gasteiger partial charge in [-0.15, -0.1) is 0 Å². The van der Waals surface area contributed by atoms with Crippen LogP contribution in [-0.2, 0) is 17.9 Å². The largest absolute Gasteiger partial charge is 0.478 e. The number of benzene rings is 3. The molecule has 0 unspecified atom stereocenters. The second-order valence-electron chi connectivity index (χ2n) is 8.70. The van der Waals surface area contributed by atoms with Gasteiger partial charge in [0, 0.05) is 24.7 Å². The molecular weight excluding hydrogens is 450 g/mol. The fourth-order valence-corrected chi connectivity index (χ4v) is 3.70. The van der Waals surface area contributed by atoms with E-state index < -0.39 is 16.5 Å². The number of hydrogen-bond acceptors (Lipinski definition) is 7. The number of para-hydroxylation sites is 2. The fourth-order valence-electron chi connectivity index (χ4n) is 3.70. The lowest BCUT2D eigenvalue weighted by Gasteiger charge is -2.24. The summed E-state index contributed by atoms with van der Waals surface area (Å²) in [5.74, 6) is -0.656. The summed E-state index contributed by atoms with van der Waals surface area (Å²) in [6.07, 6.45) is 0. The first-order chi connectivity index (χ1) is 16.6. The van der Waals surface area contributed by atoms with Crippen molar-refractivity contribution < 1.29 is 24.0 Å². The van der Waals surface area contributed by atoms with Gasteiger partial charge in [0.05, 0.1) is 4.92 Å². The Hall–Kier alpha value is -4.40. The number of aromatic nitrogens is 1. The molecule has 1 N–H and O–H groups in total. The van der Waals surface area contributed by atoms with Crippen LogP contribution in [0.15, 0.2) is 71.1 Å². The molecule has 180 valence electrons. The van der Waals surface area contributed by atoms with E-state index in [1.807, 2.05) is 41.3 Å². The predicted octanol–water partition coefficient (Wildman–Crippen LogP) is 5.49. The highest BCUT2D eigenvalue weighted by atomic mass is 16.6. The Morgan fingerprint density at radius 3 is 2.57 bits per heavy atom. The van der Waals surface area contributed by atoms with Crippen molar-refractivity contribution in [2.24, 2.45) is 0 Å². The molecule has 35 heavy (non-hydrogen) atoms. The lowest BCUT2D eigenvalue weighted by molar-refractivity contribution is -0.385. The number of nitrogens with zero attached hydrogens (tertiary/aromatic N) is 3. The van der Waals surface area contributed by atoms with Crippen LogP contribution in [0.2, 0.25) is 0 Å². The first-order valence-electron chi connectivity index (χ1n) is 11.0. The lowest BCUT2D eigenvalue weighted by Crippen LogP contribution is -2.37. The lowest BCUT2D eigenvalue weighted by atomic mass is 10.1. The molecule has 0 aliphatic carbocycles. The third-order valence-electron chi connectivity index (χ3n) is 5.69. The molecule has 1 aromatic heterocycles. The van der Waals surface area contributed by atoms with Crippen LogP contribution in [0.3, 0.4) is 0 Å². The summed E-state index contributed by atoms with van der Waals surface area (Å²) >= 11 is 0. The number of aliphatic carboxylic acids is 1. The third kappa shape index (κ3) is 5.24. The Morgan fingerprint density at radius 2 is 1.86 bits per heavy atom. The SMILES string of the molecule is Cc1c(CN(Cc2cccc(OC(C)(C)C(=O)O)c2)c2nc3ccccc3o2)cccc1[N+](=O)[O-]. The van der Waals surface area contributed by atoms with Gasteiger partial charge in [0.2, 0.25) is 0 Å². The second kappa shape index (κ2) is 9.46. The highest BCUT2D eigenvalue weighted by Crippen LogP contribution is 2.29. The number of carboxylic acid groups (broad SMARTS) is 1. The number of anilines is 1. The molecule has 0 amide bonds. The average molecular weight is 476 g/mol. The van der Waals surface area contributed by atoms with Crippen molar-refractivity contribution in [3.8, 4) is 5.75 Å². The minimum atomic E-state index is -1.39. The van der Waals surface area contributed by atoms with Gasteiger partial charge in [-0.25, -0.2) is 4.79 Å². The molecule has 0 saturated carbocycles. The summed E-state index contributed by atoms with van der Waals surface area (Å²) in [5.41, 5.74) is 2.14. The maximum Gasteiger partial charge on any atom is 0.347 e. The molecule has 0 aliphatic rings. The number of nitro groups is 1. The first kappa shape index (κ1) is 23.7. The van der Waals surface area contributed by atoms with Gasteiger partial charge in [0.25, 0.3) is 11.7 Å². The highest BCUT2D eigenvalue weighted by Gasteiger charge is 2.29. The topological polar surface area (TPSA) is 119 Å². The van der Waals surface area contributed by atoms with E-state index in [1.54, 1.807) is 31.2 Å². The number of nitro benzene ring substituents is 1. The van der Waals surface area contributed by atoms with Crippen LogP contribution in [0.5, 0.6) is 5.75 Å². The summed E-state index contributed by atoms with van der Waals surface area (Å²) < 4.78 is 11.7. The van der Waals surface area contributed by atoms with Gasteiger partial charge < -0.3 is 19.2 Å². The van der Waals surface area contributed by atoms with Crippen molar-refractivity contribution >= 4 is 28.8 Å². The molecular formula is C26H25N3O6. The summed E-state index contributed by atoms with van der Waals surface area (Å²) in [6.45, 7) is 5.35. The van der Waals surface area contributed by atoms with Crippen molar-refractivity contribution in [1.82, 2.24) is 4.98 Å². The van der Waals surface area contributed by atoms with E-state index in [1.165, 1.54) is 19.9 Å². The number of fused-ring (bicyclic) bond motifs is 1. The monoisotopic (exact) mass is 475 g/mol. The molecule has 0 aliphatic heterocycles. The van der Waals surface area contributed by atoms with Gasteiger partial charge >= 0.3 is 5.97 Å². The molecule has 0 atom stereocenters. The van der Waals surface area contributed by atoms with Crippen LogP contribution in [-0.4, -0.2) is 26.6 Å². The molecule has 4 aromatic rings. The Bertz CT molecular complexity index is 1360. The normalized spacial score (nSPS) is 11.4. The van der Waals surface area contributed by atoms with Gasteiger partial charge in [0.1, 0.15) is 11.3 Å². The van der Waals surface area contributed by atoms with Gasteiger partial charge in [0.15, 0.2) is 11.2 Å². The van der Waals surface area contributed by atoms with Gasteiger partial charge in [-0.05, 0) is 56.2 Å². The molecule has 0 saturated heterocycles. The second-order valence-corrected chi connectivity index (χ2v) is 8.70. The predicted molar refractivity (Wildman–Crippen MR) is 131 cm³/mol. The smallest absolute Gasteiger partial charge is 0.347 e. The van der Waals surface area contributed by atoms with E-state index in [4.69, 9.17) is 9.15 Å². The van der Waals surface area contributed by atoms with Crippen LogP contribution >= 0.6 is 0 Å². The van der Waals surface area contributed by atoms with Crippen LogP contribution in [0.1, 0.15) is 30.5 Å². The number of rotatable bonds is 9. The number of ether oxygens (including phenoxy) is 1. The molecule has 0 bridgehead atoms. The summed E-state index contributed by atoms with van der Waals surface area (Å²) in [7, 11) is 0. The summed E-state index contributed by atoms with van der Waals surface area (Å²) in [6, 6.07) is 19.9. The van der Waals surface area contributed by atoms with E-state index >= 15 is 0 Å². The van der Waals surface area contributed by atoms with Crippen LogP contribution in [0.4, 0.5) is 11.7 Å². The summed E-state index contributed by atoms with van der Waals surface area (Å²) in [5, 5.41) is 20.8. The highest BCUT2D eigenvalue weighted by molar-refractivity contribution is 5.77. The van der Waals surface area contributed by atoms with Crippen LogP contribution < -0.4 is 9.64 Å². The van der Waals surface area contributed by atoms with Crippen molar-refractivity contribution in [3.63, 3.8) is 0 Å². The number of hydrogen-bond donors (Lipinski definition) is 1. The van der Waals surface area contributed by atoms with E-state index in [9.17, 15) is 20.0 Å². The molecule has 4 rings (SSSR count). The van der Waals surface area contributed by atoms with Crippen LogP contribution in [0, 0.1) is 17.0 Å². The van der Waals surface area contributed by atoms with E-state index in [2.05, 4.69) is 4.98 Å². The van der Waals surface area contributed by atoms with Crippen molar-refractivity contribution in [3.05, 3.63) is 93.5 Å². The van der Waals surface area contributed by atoms with Gasteiger partial charge in [-0.3, -0.25) is 10.1 Å². The van der Waals surface area contributed by atoms with E-state index in [0.29, 0.717) is 41.5 Å². The van der Waals surface area contributed by atoms with Gasteiger partial charge in [-0.1, -0.05) is 36.4 Å². The molecule has 9 nitrogen and oxygen atoms in total. The van der Waals surface area contributed by atoms with Crippen molar-refractivity contribution in [2.45, 2.75) is 39.5 Å². The number of oxazole rings is 1. The Balaban J connectivity index is 1.69. The van der Waals surface area contributed by atoms with E-state index in [-0.39, 0.29) is 5.69 Å². The zero-order valence-corrected chi connectivity index (χ0v) is 19.6. The zero-order valence-electron chi connectivity index (χ0n) is 19.6. The van der Waals surface area contributed by atoms with E-state index in [0.717, 1.165) is 11.1 Å². The third-order valence-corrected chi connectivity index (χ3v) is 5.69. The molecule has 0 fully saturated rings. The average Bonchev–Trinajstić information content (AvgIpc) is 3.24. The maximum absolute atomic E-state index is 11.5. The van der Waals surface area contributed by atoms with Crippen LogP contribution in [0.25, 0.3) is 11.1 Å². The molecule has 0 radical (unpaired) electrons. The Labute approximate surface area is 201 Å². The Kier molecular flexibility index (Phi) is 6.42. The van der Waals surface area contributed by atoms with Gasteiger partial charge in [-0.2, -0.15) is 4.98 Å². The summed E-state index contributed by atoms with van der Waals surface area (Å²) in [4.78, 5) is 29.0. The number of carbonyl (C=O) groups is 1. The zero-order chi connectivity index (χ0) is 25.2. The Morgan fingerprint density at radius 1 is 1.11 bits per heavy atom. The maximum atomic E-state index is 11.5. The standard InChI is InChI=1S/C26H25N3O6/c1-17-19(9-7-12-22(17)29(32)33)16-28(25-27-21-11-4-5-13-23(21)34-25)15-18-8-6-10-20(14-18)35-26(2,3)24(30)31/h4-14H,15-16H2,1-3H3,(H,30,31). The molecule has 3 aromatic carbocycles. The number of carboxylic acids is 1. The van der Waals surface area contributed by atoms with Crippen molar-refractivity contribution in [1.29, 1.82) is 0 Å². The minimum Gasteiger partial charge on any atom is -0.478 e. The fraction of sp³-hybridized carbons (Fsp3) is 0.231. The molecule has 0 spiro atoms. The van der Waals surface area contributed by atoms with Crippen molar-refractivity contribution in [2.75, 3.05) is 4.90 Å². The molecule has 1 heterocycles. The molecule has 9 heteroatoms. The minimum absolute atomic E-state index is 0.0475.